The Balaban J connectivity index is 0.00000200. The summed E-state index contributed by atoms with van der Waals surface area (Å²) in [6, 6.07) is 0.596. The van der Waals surface area contributed by atoms with E-state index in [9.17, 15) is 0 Å². The monoisotopic (exact) mass is 392 g/mol. The number of aliphatic imine (C=N–C) groups is 1. The highest BCUT2D eigenvalue weighted by Crippen LogP contribution is 2.28. The predicted octanol–water partition coefficient (Wildman–Crippen LogP) is 1.42. The van der Waals surface area contributed by atoms with E-state index in [1.165, 1.54) is 6.42 Å². The lowest BCUT2D eigenvalue weighted by Gasteiger charge is -2.11. The van der Waals surface area contributed by atoms with Crippen LogP contribution < -0.4 is 10.6 Å². The molecule has 114 valence electrons. The minimum atomic E-state index is 0. The van der Waals surface area contributed by atoms with Crippen molar-refractivity contribution in [2.75, 3.05) is 13.1 Å². The topological polar surface area (TPSA) is 67.1 Å². The van der Waals surface area contributed by atoms with Crippen molar-refractivity contribution in [3.63, 3.8) is 0 Å². The Labute approximate surface area is 137 Å². The van der Waals surface area contributed by atoms with E-state index in [1.807, 2.05) is 0 Å². The van der Waals surface area contributed by atoms with Crippen molar-refractivity contribution < 1.29 is 0 Å². The Morgan fingerprint density at radius 2 is 2.25 bits per heavy atom. The molecule has 0 amide bonds. The average molecular weight is 392 g/mol. The molecule has 0 bridgehead atoms. The summed E-state index contributed by atoms with van der Waals surface area (Å²) in [7, 11) is 0. The van der Waals surface area contributed by atoms with Gasteiger partial charge in [0.25, 0.3) is 0 Å². The summed E-state index contributed by atoms with van der Waals surface area (Å²) >= 11 is 0. The number of nitrogens with zero attached hydrogens (tertiary/aromatic N) is 4. The molecule has 20 heavy (non-hydrogen) atoms. The minimum absolute atomic E-state index is 0. The normalized spacial score (nSPS) is 21.2. The van der Waals surface area contributed by atoms with Crippen LogP contribution in [0.3, 0.4) is 0 Å². The lowest BCUT2D eigenvalue weighted by Crippen LogP contribution is -2.39. The van der Waals surface area contributed by atoms with Gasteiger partial charge in [0.2, 0.25) is 0 Å². The molecule has 1 aliphatic carbocycles. The molecule has 0 aromatic carbocycles. The maximum absolute atomic E-state index is 4.60. The highest BCUT2D eigenvalue weighted by molar-refractivity contribution is 14.0. The molecule has 0 radical (unpaired) electrons. The smallest absolute Gasteiger partial charge is 0.191 e. The fraction of sp³-hybridized carbons (Fsp3) is 0.769. The standard InChI is InChI=1S/C13H24N6.HI/c1-4-12-18-16-9-19(12)7-6-15-13(14-5-2)17-11-8-10(11)3;/h9-11H,4-8H2,1-3H3,(H2,14,15,17);1H. The Morgan fingerprint density at radius 1 is 1.50 bits per heavy atom. The number of halogens is 1. The van der Waals surface area contributed by atoms with E-state index in [0.717, 1.165) is 43.8 Å². The van der Waals surface area contributed by atoms with Crippen molar-refractivity contribution in [2.24, 2.45) is 10.9 Å². The van der Waals surface area contributed by atoms with Gasteiger partial charge in [-0.05, 0) is 19.3 Å². The second-order valence-electron chi connectivity index (χ2n) is 5.02. The number of hydrogen-bond acceptors (Lipinski definition) is 3. The van der Waals surface area contributed by atoms with Crippen molar-refractivity contribution in [1.82, 2.24) is 25.4 Å². The van der Waals surface area contributed by atoms with Gasteiger partial charge < -0.3 is 15.2 Å². The zero-order chi connectivity index (χ0) is 13.7. The number of aryl methyl sites for hydroxylation is 1. The summed E-state index contributed by atoms with van der Waals surface area (Å²) in [5.41, 5.74) is 0. The third-order valence-corrected chi connectivity index (χ3v) is 3.40. The van der Waals surface area contributed by atoms with Crippen LogP contribution in [0.25, 0.3) is 0 Å². The second kappa shape index (κ2) is 8.43. The van der Waals surface area contributed by atoms with Crippen LogP contribution in [0.5, 0.6) is 0 Å². The Hall–Kier alpha value is -0.860. The zero-order valence-electron chi connectivity index (χ0n) is 12.5. The molecule has 2 unspecified atom stereocenters. The van der Waals surface area contributed by atoms with Gasteiger partial charge in [-0.15, -0.1) is 34.2 Å². The number of rotatable bonds is 6. The fourth-order valence-electron chi connectivity index (χ4n) is 2.03. The lowest BCUT2D eigenvalue weighted by molar-refractivity contribution is 0.660. The Bertz CT molecular complexity index is 430. The van der Waals surface area contributed by atoms with Gasteiger partial charge in [0, 0.05) is 25.6 Å². The molecular weight excluding hydrogens is 367 g/mol. The van der Waals surface area contributed by atoms with Crippen molar-refractivity contribution in [1.29, 1.82) is 0 Å². The van der Waals surface area contributed by atoms with E-state index >= 15 is 0 Å². The summed E-state index contributed by atoms with van der Waals surface area (Å²) in [4.78, 5) is 4.60. The van der Waals surface area contributed by atoms with Crippen LogP contribution in [0, 0.1) is 5.92 Å². The van der Waals surface area contributed by atoms with Gasteiger partial charge >= 0.3 is 0 Å². The molecule has 7 heteroatoms. The van der Waals surface area contributed by atoms with Crippen LogP contribution in [-0.4, -0.2) is 39.9 Å². The van der Waals surface area contributed by atoms with E-state index in [4.69, 9.17) is 0 Å². The van der Waals surface area contributed by atoms with Gasteiger partial charge in [-0.1, -0.05) is 13.8 Å². The number of hydrogen-bond donors (Lipinski definition) is 2. The van der Waals surface area contributed by atoms with Crippen LogP contribution >= 0.6 is 24.0 Å². The van der Waals surface area contributed by atoms with E-state index < -0.39 is 0 Å². The van der Waals surface area contributed by atoms with Crippen molar-refractivity contribution in [2.45, 2.75) is 46.2 Å². The molecule has 6 nitrogen and oxygen atoms in total. The third kappa shape index (κ3) is 4.92. The van der Waals surface area contributed by atoms with Crippen LogP contribution in [0.1, 0.15) is 33.0 Å². The van der Waals surface area contributed by atoms with Crippen LogP contribution in [0.15, 0.2) is 11.3 Å². The molecule has 0 aliphatic heterocycles. The summed E-state index contributed by atoms with van der Waals surface area (Å²) in [5, 5.41) is 14.7. The highest BCUT2D eigenvalue weighted by atomic mass is 127. The van der Waals surface area contributed by atoms with Gasteiger partial charge in [-0.2, -0.15) is 0 Å². The Kier molecular flexibility index (Phi) is 7.25. The number of aromatic nitrogens is 3. The van der Waals surface area contributed by atoms with Crippen LogP contribution in [0.4, 0.5) is 0 Å². The van der Waals surface area contributed by atoms with Gasteiger partial charge in [0.05, 0.1) is 6.54 Å². The van der Waals surface area contributed by atoms with Crippen molar-refractivity contribution in [3.05, 3.63) is 12.2 Å². The molecule has 0 spiro atoms. The molecule has 1 fully saturated rings. The summed E-state index contributed by atoms with van der Waals surface area (Å²) in [6.45, 7) is 8.88. The van der Waals surface area contributed by atoms with E-state index in [0.29, 0.717) is 6.04 Å². The van der Waals surface area contributed by atoms with E-state index in [-0.39, 0.29) is 24.0 Å². The molecular formula is C13H25IN6. The molecule has 2 N–H and O–H groups in total. The molecule has 0 saturated heterocycles. The van der Waals surface area contributed by atoms with E-state index in [2.05, 4.69) is 51.2 Å². The molecule has 1 aliphatic rings. The summed E-state index contributed by atoms with van der Waals surface area (Å²) in [6.07, 6.45) is 3.93. The van der Waals surface area contributed by atoms with Crippen molar-refractivity contribution in [3.8, 4) is 0 Å². The lowest BCUT2D eigenvalue weighted by atomic mass is 10.4. The molecule has 2 rings (SSSR count). The molecule has 1 heterocycles. The van der Waals surface area contributed by atoms with Gasteiger partial charge in [0.1, 0.15) is 12.2 Å². The minimum Gasteiger partial charge on any atom is -0.357 e. The fourth-order valence-corrected chi connectivity index (χ4v) is 2.03. The van der Waals surface area contributed by atoms with Crippen LogP contribution in [-0.2, 0) is 13.0 Å². The molecule has 1 saturated carbocycles. The van der Waals surface area contributed by atoms with Gasteiger partial charge in [-0.3, -0.25) is 4.99 Å². The second-order valence-corrected chi connectivity index (χ2v) is 5.02. The largest absolute Gasteiger partial charge is 0.357 e. The first kappa shape index (κ1) is 17.2. The number of guanidine groups is 1. The SMILES string of the molecule is CCNC(=NCCn1cnnc1CC)NC1CC1C.I. The zero-order valence-corrected chi connectivity index (χ0v) is 14.8. The highest BCUT2D eigenvalue weighted by Gasteiger charge is 2.33. The maximum atomic E-state index is 4.60. The van der Waals surface area contributed by atoms with Crippen LogP contribution in [0.2, 0.25) is 0 Å². The van der Waals surface area contributed by atoms with E-state index in [1.54, 1.807) is 6.33 Å². The molecule has 1 aromatic rings. The first-order valence-electron chi connectivity index (χ1n) is 7.16. The average Bonchev–Trinajstić information content (AvgIpc) is 2.91. The first-order valence-corrected chi connectivity index (χ1v) is 7.16. The molecule has 1 aromatic heterocycles. The first-order chi connectivity index (χ1) is 9.24. The Morgan fingerprint density at radius 3 is 2.85 bits per heavy atom. The van der Waals surface area contributed by atoms with Gasteiger partial charge in [-0.25, -0.2) is 0 Å². The van der Waals surface area contributed by atoms with Crippen molar-refractivity contribution >= 4 is 29.9 Å². The summed E-state index contributed by atoms with van der Waals surface area (Å²) in [5.74, 6) is 2.71. The van der Waals surface area contributed by atoms with Gasteiger partial charge in [0.15, 0.2) is 5.96 Å². The molecule has 2 atom stereocenters. The maximum Gasteiger partial charge on any atom is 0.191 e. The summed E-state index contributed by atoms with van der Waals surface area (Å²) < 4.78 is 2.06. The quantitative estimate of drug-likeness (QED) is 0.437. The third-order valence-electron chi connectivity index (χ3n) is 3.40. The predicted molar refractivity (Wildman–Crippen MR) is 91.5 cm³/mol. The number of nitrogens with one attached hydrogen (secondary N) is 2.